The van der Waals surface area contributed by atoms with Crippen molar-refractivity contribution in [3.63, 3.8) is 0 Å². The van der Waals surface area contributed by atoms with Crippen LogP contribution in [0.15, 0.2) is 24.3 Å². The SMILES string of the molecule is OC1CCC(NC2CC3(CCC3)Oc3ccccc32)CC1. The van der Waals surface area contributed by atoms with Crippen molar-refractivity contribution in [2.24, 2.45) is 0 Å². The van der Waals surface area contributed by atoms with Crippen LogP contribution < -0.4 is 10.1 Å². The van der Waals surface area contributed by atoms with Crippen LogP contribution in [-0.2, 0) is 0 Å². The average Bonchev–Trinajstić information content (AvgIpc) is 2.48. The van der Waals surface area contributed by atoms with E-state index in [9.17, 15) is 5.11 Å². The zero-order valence-electron chi connectivity index (χ0n) is 12.6. The number of aliphatic hydroxyl groups is 1. The van der Waals surface area contributed by atoms with E-state index in [1.165, 1.54) is 24.8 Å². The van der Waals surface area contributed by atoms with Crippen LogP contribution in [0.2, 0.25) is 0 Å². The van der Waals surface area contributed by atoms with Crippen LogP contribution in [0.3, 0.4) is 0 Å². The van der Waals surface area contributed by atoms with E-state index in [1.54, 1.807) is 0 Å². The van der Waals surface area contributed by atoms with Gasteiger partial charge in [-0.25, -0.2) is 0 Å². The summed E-state index contributed by atoms with van der Waals surface area (Å²) in [6.07, 6.45) is 8.77. The van der Waals surface area contributed by atoms with E-state index < -0.39 is 0 Å². The van der Waals surface area contributed by atoms with Crippen LogP contribution in [0.4, 0.5) is 0 Å². The molecule has 1 aromatic carbocycles. The lowest BCUT2D eigenvalue weighted by atomic mass is 9.72. The molecule has 1 aliphatic heterocycles. The summed E-state index contributed by atoms with van der Waals surface area (Å²) in [6.45, 7) is 0. The number of rotatable bonds is 2. The van der Waals surface area contributed by atoms with Crippen LogP contribution in [0.1, 0.15) is 63.0 Å². The zero-order valence-corrected chi connectivity index (χ0v) is 12.6. The molecule has 114 valence electrons. The van der Waals surface area contributed by atoms with Crippen molar-refractivity contribution < 1.29 is 9.84 Å². The van der Waals surface area contributed by atoms with Gasteiger partial charge in [0.05, 0.1) is 6.10 Å². The minimum atomic E-state index is -0.0806. The van der Waals surface area contributed by atoms with Crippen LogP contribution in [0.25, 0.3) is 0 Å². The molecule has 1 heterocycles. The Morgan fingerprint density at radius 1 is 1.10 bits per heavy atom. The lowest BCUT2D eigenvalue weighted by Gasteiger charge is -2.48. The fourth-order valence-electron chi connectivity index (χ4n) is 4.17. The normalized spacial score (nSPS) is 33.9. The van der Waals surface area contributed by atoms with Crippen molar-refractivity contribution in [1.82, 2.24) is 5.32 Å². The van der Waals surface area contributed by atoms with Gasteiger partial charge in [-0.2, -0.15) is 0 Å². The fourth-order valence-corrected chi connectivity index (χ4v) is 4.17. The molecule has 1 aromatic rings. The summed E-state index contributed by atoms with van der Waals surface area (Å²) in [6, 6.07) is 9.46. The lowest BCUT2D eigenvalue weighted by Crippen LogP contribution is -2.50. The van der Waals surface area contributed by atoms with Gasteiger partial charge in [-0.3, -0.25) is 0 Å². The molecule has 2 fully saturated rings. The van der Waals surface area contributed by atoms with Gasteiger partial charge in [-0.1, -0.05) is 18.2 Å². The quantitative estimate of drug-likeness (QED) is 0.876. The van der Waals surface area contributed by atoms with Crippen LogP contribution in [0.5, 0.6) is 5.75 Å². The topological polar surface area (TPSA) is 41.5 Å². The molecule has 0 amide bonds. The lowest BCUT2D eigenvalue weighted by molar-refractivity contribution is -0.0390. The molecular formula is C18H25NO2. The van der Waals surface area contributed by atoms with Gasteiger partial charge < -0.3 is 15.2 Å². The van der Waals surface area contributed by atoms with E-state index >= 15 is 0 Å². The summed E-state index contributed by atoms with van der Waals surface area (Å²) in [4.78, 5) is 0. The molecule has 2 aliphatic carbocycles. The van der Waals surface area contributed by atoms with E-state index in [4.69, 9.17) is 4.74 Å². The molecule has 3 nitrogen and oxygen atoms in total. The molecule has 0 radical (unpaired) electrons. The maximum absolute atomic E-state index is 9.67. The van der Waals surface area contributed by atoms with E-state index in [2.05, 4.69) is 29.6 Å². The van der Waals surface area contributed by atoms with E-state index in [-0.39, 0.29) is 11.7 Å². The molecule has 21 heavy (non-hydrogen) atoms. The minimum Gasteiger partial charge on any atom is -0.487 e. The molecule has 2 saturated carbocycles. The number of hydrogen-bond acceptors (Lipinski definition) is 3. The second-order valence-corrected chi connectivity index (χ2v) is 7.11. The number of para-hydroxylation sites is 1. The highest BCUT2D eigenvalue weighted by atomic mass is 16.5. The van der Waals surface area contributed by atoms with Gasteiger partial charge in [0.15, 0.2) is 0 Å². The smallest absolute Gasteiger partial charge is 0.124 e. The summed E-state index contributed by atoms with van der Waals surface area (Å²) in [5.41, 5.74) is 1.42. The number of fused-ring (bicyclic) bond motifs is 1. The molecular weight excluding hydrogens is 262 g/mol. The van der Waals surface area contributed by atoms with Crippen LogP contribution >= 0.6 is 0 Å². The molecule has 3 heteroatoms. The van der Waals surface area contributed by atoms with Crippen molar-refractivity contribution in [3.05, 3.63) is 29.8 Å². The van der Waals surface area contributed by atoms with Crippen molar-refractivity contribution in [1.29, 1.82) is 0 Å². The highest BCUT2D eigenvalue weighted by Gasteiger charge is 2.45. The number of hydrogen-bond donors (Lipinski definition) is 2. The van der Waals surface area contributed by atoms with E-state index in [0.717, 1.165) is 37.9 Å². The fraction of sp³-hybridized carbons (Fsp3) is 0.667. The molecule has 4 rings (SSSR count). The highest BCUT2D eigenvalue weighted by molar-refractivity contribution is 5.39. The standard InChI is InChI=1S/C18H25NO2/c20-14-8-6-13(7-9-14)19-16-12-18(10-3-11-18)21-17-5-2-1-4-15(16)17/h1-2,4-5,13-14,16,19-20H,3,6-12H2. The predicted molar refractivity (Wildman–Crippen MR) is 82.4 cm³/mol. The molecule has 1 spiro atoms. The number of aliphatic hydroxyl groups excluding tert-OH is 1. The number of ether oxygens (including phenoxy) is 1. The third-order valence-corrected chi connectivity index (χ3v) is 5.60. The van der Waals surface area contributed by atoms with Crippen LogP contribution in [-0.4, -0.2) is 22.9 Å². The first-order valence-electron chi connectivity index (χ1n) is 8.46. The van der Waals surface area contributed by atoms with Crippen molar-refractivity contribution >= 4 is 0 Å². The van der Waals surface area contributed by atoms with Gasteiger partial charge in [-0.05, 0) is 51.0 Å². The first-order valence-corrected chi connectivity index (χ1v) is 8.46. The van der Waals surface area contributed by atoms with Gasteiger partial charge in [0.2, 0.25) is 0 Å². The summed E-state index contributed by atoms with van der Waals surface area (Å²) in [7, 11) is 0. The van der Waals surface area contributed by atoms with Crippen molar-refractivity contribution in [2.45, 2.75) is 75.2 Å². The monoisotopic (exact) mass is 287 g/mol. The van der Waals surface area contributed by atoms with E-state index in [0.29, 0.717) is 12.1 Å². The Bertz CT molecular complexity index is 504. The minimum absolute atomic E-state index is 0.0806. The van der Waals surface area contributed by atoms with Gasteiger partial charge in [-0.15, -0.1) is 0 Å². The number of benzene rings is 1. The molecule has 1 unspecified atom stereocenters. The Morgan fingerprint density at radius 2 is 1.86 bits per heavy atom. The average molecular weight is 287 g/mol. The van der Waals surface area contributed by atoms with E-state index in [1.807, 2.05) is 0 Å². The third kappa shape index (κ3) is 2.58. The van der Waals surface area contributed by atoms with Crippen molar-refractivity contribution in [2.75, 3.05) is 0 Å². The molecule has 2 N–H and O–H groups in total. The van der Waals surface area contributed by atoms with Crippen molar-refractivity contribution in [3.8, 4) is 5.75 Å². The first-order chi connectivity index (χ1) is 10.2. The Kier molecular flexibility index (Phi) is 3.43. The molecule has 3 aliphatic rings. The maximum atomic E-state index is 9.67. The van der Waals surface area contributed by atoms with Gasteiger partial charge in [0.25, 0.3) is 0 Å². The third-order valence-electron chi connectivity index (χ3n) is 5.60. The zero-order chi connectivity index (χ0) is 14.3. The highest BCUT2D eigenvalue weighted by Crippen LogP contribution is 2.49. The van der Waals surface area contributed by atoms with Gasteiger partial charge in [0.1, 0.15) is 11.4 Å². The Balaban J connectivity index is 1.53. The summed E-state index contributed by atoms with van der Waals surface area (Å²) in [5.74, 6) is 1.08. The Hall–Kier alpha value is -1.06. The second-order valence-electron chi connectivity index (χ2n) is 7.11. The second kappa shape index (κ2) is 5.29. The summed E-state index contributed by atoms with van der Waals surface area (Å²) >= 11 is 0. The van der Waals surface area contributed by atoms with Gasteiger partial charge in [0, 0.05) is 24.1 Å². The first kappa shape index (κ1) is 13.6. The predicted octanol–water partition coefficient (Wildman–Crippen LogP) is 3.33. The molecule has 0 aromatic heterocycles. The Morgan fingerprint density at radius 3 is 2.57 bits per heavy atom. The maximum Gasteiger partial charge on any atom is 0.124 e. The summed E-state index contributed by atoms with van der Waals surface area (Å²) < 4.78 is 6.31. The number of nitrogens with one attached hydrogen (secondary N) is 1. The Labute approximate surface area is 126 Å². The largest absolute Gasteiger partial charge is 0.487 e. The summed E-state index contributed by atoms with van der Waals surface area (Å²) in [5, 5.41) is 13.5. The van der Waals surface area contributed by atoms with Crippen LogP contribution in [0, 0.1) is 0 Å². The molecule has 1 atom stereocenters. The van der Waals surface area contributed by atoms with Gasteiger partial charge >= 0.3 is 0 Å². The molecule has 0 saturated heterocycles. The molecule has 0 bridgehead atoms.